The maximum Gasteiger partial charge on any atom is 0.0879 e. The first-order chi connectivity index (χ1) is 8.15. The Bertz CT molecular complexity index is 517. The third-order valence-electron chi connectivity index (χ3n) is 2.60. The van der Waals surface area contributed by atoms with Crippen LogP contribution in [-0.4, -0.2) is 9.78 Å². The van der Waals surface area contributed by atoms with Gasteiger partial charge in [0.1, 0.15) is 0 Å². The molecule has 1 aromatic heterocycles. The number of aromatic nitrogens is 2. The van der Waals surface area contributed by atoms with E-state index in [0.717, 1.165) is 12.2 Å². The third kappa shape index (κ3) is 3.06. The monoisotopic (exact) mass is 226 g/mol. The van der Waals surface area contributed by atoms with Crippen LogP contribution in [0.4, 0.5) is 0 Å². The van der Waals surface area contributed by atoms with Crippen LogP contribution in [0.25, 0.3) is 6.08 Å². The van der Waals surface area contributed by atoms with Gasteiger partial charge in [0.2, 0.25) is 0 Å². The number of allylic oxidation sites excluding steroid dienone is 1. The van der Waals surface area contributed by atoms with Crippen LogP contribution in [0.15, 0.2) is 42.1 Å². The average Bonchev–Trinajstić information content (AvgIpc) is 2.59. The Morgan fingerprint density at radius 1 is 1.24 bits per heavy atom. The Kier molecular flexibility index (Phi) is 3.43. The molecular weight excluding hydrogens is 208 g/mol. The Hall–Kier alpha value is -1.83. The average molecular weight is 226 g/mol. The number of nitrogens with zero attached hydrogens (tertiary/aromatic N) is 2. The lowest BCUT2D eigenvalue weighted by atomic mass is 10.2. The third-order valence-corrected chi connectivity index (χ3v) is 2.60. The molecule has 0 aliphatic rings. The Balaban J connectivity index is 2.21. The molecule has 88 valence electrons. The van der Waals surface area contributed by atoms with Gasteiger partial charge < -0.3 is 0 Å². The van der Waals surface area contributed by atoms with Crippen LogP contribution in [0.2, 0.25) is 0 Å². The molecule has 0 spiro atoms. The summed E-state index contributed by atoms with van der Waals surface area (Å²) < 4.78 is 2.00. The van der Waals surface area contributed by atoms with Gasteiger partial charge in [0.15, 0.2) is 0 Å². The summed E-state index contributed by atoms with van der Waals surface area (Å²) in [4.78, 5) is 0. The molecular formula is C15H18N2. The molecule has 2 heteroatoms. The summed E-state index contributed by atoms with van der Waals surface area (Å²) in [6.07, 6.45) is 4.22. The summed E-state index contributed by atoms with van der Waals surface area (Å²) >= 11 is 0. The van der Waals surface area contributed by atoms with Crippen molar-refractivity contribution in [3.63, 3.8) is 0 Å². The first kappa shape index (κ1) is 11.6. The molecule has 0 fully saturated rings. The number of rotatable bonds is 3. The molecule has 0 radical (unpaired) electrons. The van der Waals surface area contributed by atoms with E-state index in [4.69, 9.17) is 0 Å². The van der Waals surface area contributed by atoms with Crippen molar-refractivity contribution in [3.05, 3.63) is 58.9 Å². The zero-order chi connectivity index (χ0) is 12.3. The minimum atomic E-state index is 0.832. The molecule has 0 amide bonds. The fraction of sp³-hybridized carbons (Fsp3) is 0.267. The molecule has 0 saturated carbocycles. The van der Waals surface area contributed by atoms with Crippen LogP contribution in [0.3, 0.4) is 0 Å². The highest BCUT2D eigenvalue weighted by Gasteiger charge is 2.02. The van der Waals surface area contributed by atoms with Crippen molar-refractivity contribution in [1.82, 2.24) is 9.78 Å². The quantitative estimate of drug-likeness (QED) is 0.781. The van der Waals surface area contributed by atoms with Gasteiger partial charge in [0.25, 0.3) is 0 Å². The number of benzene rings is 1. The molecule has 1 heterocycles. The van der Waals surface area contributed by atoms with E-state index in [1.807, 2.05) is 10.7 Å². The van der Waals surface area contributed by atoms with Crippen molar-refractivity contribution in [2.75, 3.05) is 0 Å². The predicted octanol–water partition coefficient (Wildman–Crippen LogP) is 3.66. The fourth-order valence-corrected chi connectivity index (χ4v) is 1.80. The maximum absolute atomic E-state index is 4.59. The second kappa shape index (κ2) is 5.00. The maximum atomic E-state index is 4.59. The molecule has 1 aromatic carbocycles. The molecule has 0 aliphatic heterocycles. The molecule has 17 heavy (non-hydrogen) atoms. The Morgan fingerprint density at radius 2 is 1.94 bits per heavy atom. The minimum Gasteiger partial charge on any atom is -0.267 e. The molecule has 0 bridgehead atoms. The van der Waals surface area contributed by atoms with Gasteiger partial charge in [-0.15, -0.1) is 0 Å². The lowest BCUT2D eigenvalue weighted by Gasteiger charge is -2.00. The van der Waals surface area contributed by atoms with Crippen LogP contribution < -0.4 is 0 Å². The van der Waals surface area contributed by atoms with E-state index < -0.39 is 0 Å². The normalized spacial score (nSPS) is 10.3. The molecule has 0 aliphatic carbocycles. The van der Waals surface area contributed by atoms with Gasteiger partial charge >= 0.3 is 0 Å². The molecule has 0 unspecified atom stereocenters. The van der Waals surface area contributed by atoms with Crippen molar-refractivity contribution in [3.8, 4) is 0 Å². The highest BCUT2D eigenvalue weighted by atomic mass is 15.3. The summed E-state index contributed by atoms with van der Waals surface area (Å²) in [5.41, 5.74) is 4.85. The van der Waals surface area contributed by atoms with Gasteiger partial charge in [-0.3, -0.25) is 4.68 Å². The first-order valence-electron chi connectivity index (χ1n) is 5.88. The van der Waals surface area contributed by atoms with Crippen molar-refractivity contribution in [2.24, 2.45) is 0 Å². The number of hydrogen-bond donors (Lipinski definition) is 0. The van der Waals surface area contributed by atoms with E-state index in [-0.39, 0.29) is 0 Å². The molecule has 0 N–H and O–H groups in total. The van der Waals surface area contributed by atoms with Gasteiger partial charge in [-0.05, 0) is 38.0 Å². The summed E-state index contributed by atoms with van der Waals surface area (Å²) in [5, 5.41) is 4.59. The van der Waals surface area contributed by atoms with E-state index in [0.29, 0.717) is 0 Å². The molecule has 2 rings (SSSR count). The zero-order valence-electron chi connectivity index (χ0n) is 10.6. The molecule has 2 aromatic rings. The smallest absolute Gasteiger partial charge is 0.0879 e. The van der Waals surface area contributed by atoms with E-state index >= 15 is 0 Å². The van der Waals surface area contributed by atoms with Gasteiger partial charge in [0.05, 0.1) is 12.2 Å². The molecule has 0 atom stereocenters. The summed E-state index contributed by atoms with van der Waals surface area (Å²) in [6, 6.07) is 10.4. The summed E-state index contributed by atoms with van der Waals surface area (Å²) in [5.74, 6) is 0. The van der Waals surface area contributed by atoms with Crippen LogP contribution in [0, 0.1) is 6.92 Å². The van der Waals surface area contributed by atoms with Crippen molar-refractivity contribution in [2.45, 2.75) is 27.3 Å². The van der Waals surface area contributed by atoms with E-state index in [2.05, 4.69) is 62.4 Å². The van der Waals surface area contributed by atoms with Crippen LogP contribution >= 0.6 is 0 Å². The zero-order valence-corrected chi connectivity index (χ0v) is 10.6. The summed E-state index contributed by atoms with van der Waals surface area (Å²) in [6.45, 7) is 7.12. The lowest BCUT2D eigenvalue weighted by molar-refractivity contribution is 0.684. The van der Waals surface area contributed by atoms with E-state index in [9.17, 15) is 0 Å². The second-order valence-corrected chi connectivity index (χ2v) is 4.60. The van der Waals surface area contributed by atoms with Gasteiger partial charge in [-0.2, -0.15) is 5.10 Å². The van der Waals surface area contributed by atoms with E-state index in [1.165, 1.54) is 16.7 Å². The topological polar surface area (TPSA) is 17.8 Å². The highest BCUT2D eigenvalue weighted by Crippen LogP contribution is 2.11. The van der Waals surface area contributed by atoms with Gasteiger partial charge in [-0.1, -0.05) is 35.9 Å². The summed E-state index contributed by atoms with van der Waals surface area (Å²) in [7, 11) is 0. The van der Waals surface area contributed by atoms with E-state index in [1.54, 1.807) is 0 Å². The predicted molar refractivity (Wildman–Crippen MR) is 71.8 cm³/mol. The van der Waals surface area contributed by atoms with Crippen molar-refractivity contribution < 1.29 is 0 Å². The minimum absolute atomic E-state index is 0.832. The molecule has 0 saturated heterocycles. The first-order valence-corrected chi connectivity index (χ1v) is 5.88. The lowest BCUT2D eigenvalue weighted by Crippen LogP contribution is -1.99. The van der Waals surface area contributed by atoms with Crippen LogP contribution in [0.5, 0.6) is 0 Å². The van der Waals surface area contributed by atoms with Crippen LogP contribution in [0.1, 0.15) is 30.7 Å². The van der Waals surface area contributed by atoms with Crippen molar-refractivity contribution in [1.29, 1.82) is 0 Å². The Morgan fingerprint density at radius 3 is 2.59 bits per heavy atom. The largest absolute Gasteiger partial charge is 0.267 e. The van der Waals surface area contributed by atoms with Gasteiger partial charge in [-0.25, -0.2) is 0 Å². The second-order valence-electron chi connectivity index (χ2n) is 4.60. The van der Waals surface area contributed by atoms with Crippen molar-refractivity contribution >= 4 is 6.08 Å². The Labute approximate surface area is 103 Å². The van der Waals surface area contributed by atoms with Gasteiger partial charge in [0, 0.05) is 6.20 Å². The number of aryl methyl sites for hydroxylation is 1. The molecule has 2 nitrogen and oxygen atoms in total. The highest BCUT2D eigenvalue weighted by molar-refractivity contribution is 5.50. The SMILES string of the molecule is CC(C)=Cc1nn(Cc2ccccc2)cc1C. The van der Waals surface area contributed by atoms with Crippen LogP contribution in [-0.2, 0) is 6.54 Å². The number of hydrogen-bond acceptors (Lipinski definition) is 1. The standard InChI is InChI=1S/C15H18N2/c1-12(2)9-15-13(3)10-17(16-15)11-14-7-5-4-6-8-14/h4-10H,11H2,1-3H3. The fourth-order valence-electron chi connectivity index (χ4n) is 1.80.